The van der Waals surface area contributed by atoms with Crippen LogP contribution in [0.2, 0.25) is 0 Å². The van der Waals surface area contributed by atoms with E-state index in [1.165, 1.54) is 0 Å². The summed E-state index contributed by atoms with van der Waals surface area (Å²) in [5, 5.41) is 10.1. The van der Waals surface area contributed by atoms with Gasteiger partial charge in [0.25, 0.3) is 0 Å². The molecule has 0 aliphatic heterocycles. The molecule has 0 aliphatic carbocycles. The monoisotopic (exact) mass is 211 g/mol. The fraction of sp³-hybridized carbons (Fsp3) is 0.500. The van der Waals surface area contributed by atoms with Gasteiger partial charge in [-0.05, 0) is 25.6 Å². The van der Waals surface area contributed by atoms with E-state index in [4.69, 9.17) is 9.84 Å². The predicted octanol–water partition coefficient (Wildman–Crippen LogP) is 1.67. The van der Waals surface area contributed by atoms with Crippen LogP contribution in [0.3, 0.4) is 0 Å². The van der Waals surface area contributed by atoms with Crippen molar-refractivity contribution in [2.45, 2.75) is 19.4 Å². The van der Waals surface area contributed by atoms with Crippen LogP contribution in [0, 0.1) is 0 Å². The molecular formula is C12H21NO2. The molecule has 86 valence electrons. The van der Waals surface area contributed by atoms with Crippen molar-refractivity contribution >= 4 is 0 Å². The van der Waals surface area contributed by atoms with Crippen LogP contribution < -0.4 is 10.1 Å². The van der Waals surface area contributed by atoms with Crippen molar-refractivity contribution < 1.29 is 9.84 Å². The average Bonchev–Trinajstić information content (AvgIpc) is 2.32. The third-order valence-electron chi connectivity index (χ3n) is 1.93. The first-order valence-corrected chi connectivity index (χ1v) is 5.17. The lowest BCUT2D eigenvalue weighted by Crippen LogP contribution is -2.28. The number of nitrogens with one attached hydrogen (secondary N) is 1. The molecule has 0 radical (unpaired) electrons. The van der Waals surface area contributed by atoms with Crippen molar-refractivity contribution in [3.8, 4) is 5.75 Å². The van der Waals surface area contributed by atoms with Crippen molar-refractivity contribution in [3.05, 3.63) is 30.3 Å². The van der Waals surface area contributed by atoms with E-state index in [-0.39, 0.29) is 6.10 Å². The minimum absolute atomic E-state index is 0.271. The number of hydrogen-bond donors (Lipinski definition) is 2. The largest absolute Gasteiger partial charge is 0.489 e. The number of likely N-dealkylation sites (N-methyl/N-ethyl adjacent to an activating group) is 1. The van der Waals surface area contributed by atoms with Gasteiger partial charge in [-0.1, -0.05) is 25.1 Å². The van der Waals surface area contributed by atoms with Gasteiger partial charge < -0.3 is 15.2 Å². The summed E-state index contributed by atoms with van der Waals surface area (Å²) >= 11 is 0. The van der Waals surface area contributed by atoms with Crippen molar-refractivity contribution in [1.82, 2.24) is 5.32 Å². The van der Waals surface area contributed by atoms with E-state index in [2.05, 4.69) is 12.2 Å². The van der Waals surface area contributed by atoms with Gasteiger partial charge in [0, 0.05) is 13.7 Å². The first kappa shape index (κ1) is 13.9. The fourth-order valence-corrected chi connectivity index (χ4v) is 1.19. The quantitative estimate of drug-likeness (QED) is 0.778. The van der Waals surface area contributed by atoms with Crippen LogP contribution in [0.25, 0.3) is 0 Å². The Morgan fingerprint density at radius 3 is 2.33 bits per heavy atom. The van der Waals surface area contributed by atoms with Crippen molar-refractivity contribution in [3.63, 3.8) is 0 Å². The minimum Gasteiger partial charge on any atom is -0.489 e. The van der Waals surface area contributed by atoms with Crippen molar-refractivity contribution in [2.75, 3.05) is 20.7 Å². The smallest absolute Gasteiger partial charge is 0.119 e. The summed E-state index contributed by atoms with van der Waals surface area (Å²) in [5.41, 5.74) is 0. The maximum Gasteiger partial charge on any atom is 0.119 e. The average molecular weight is 211 g/mol. The maximum atomic E-state index is 7.00. The van der Waals surface area contributed by atoms with Crippen LogP contribution >= 0.6 is 0 Å². The molecule has 2 N–H and O–H groups in total. The molecule has 1 rings (SSSR count). The van der Waals surface area contributed by atoms with Gasteiger partial charge in [-0.2, -0.15) is 0 Å². The first-order valence-electron chi connectivity index (χ1n) is 5.17. The third kappa shape index (κ3) is 6.10. The number of hydrogen-bond acceptors (Lipinski definition) is 3. The standard InChI is InChI=1S/C11H17NO.CH4O/c1-3-10(9-12-2)13-11-7-5-4-6-8-11;1-2/h4-8,10,12H,3,9H2,1-2H3;2H,1H3. The topological polar surface area (TPSA) is 41.5 Å². The van der Waals surface area contributed by atoms with Crippen LogP contribution in [-0.2, 0) is 0 Å². The molecule has 0 spiro atoms. The van der Waals surface area contributed by atoms with E-state index in [9.17, 15) is 0 Å². The molecule has 0 saturated carbocycles. The van der Waals surface area contributed by atoms with E-state index in [1.54, 1.807) is 0 Å². The zero-order chi connectivity index (χ0) is 11.5. The van der Waals surface area contributed by atoms with E-state index >= 15 is 0 Å². The summed E-state index contributed by atoms with van der Waals surface area (Å²) in [6, 6.07) is 9.94. The van der Waals surface area contributed by atoms with Gasteiger partial charge in [0.2, 0.25) is 0 Å². The Kier molecular flexibility index (Phi) is 8.82. The Hall–Kier alpha value is -1.06. The zero-order valence-corrected chi connectivity index (χ0v) is 9.73. The van der Waals surface area contributed by atoms with Gasteiger partial charge in [0.05, 0.1) is 0 Å². The number of aliphatic hydroxyl groups excluding tert-OH is 1. The highest BCUT2D eigenvalue weighted by Gasteiger charge is 2.05. The summed E-state index contributed by atoms with van der Waals surface area (Å²) in [5.74, 6) is 0.949. The van der Waals surface area contributed by atoms with Gasteiger partial charge in [0.1, 0.15) is 11.9 Å². The molecule has 1 aromatic rings. The van der Waals surface area contributed by atoms with Crippen LogP contribution in [0.15, 0.2) is 30.3 Å². The molecule has 1 unspecified atom stereocenters. The fourth-order valence-electron chi connectivity index (χ4n) is 1.19. The van der Waals surface area contributed by atoms with Gasteiger partial charge in [-0.15, -0.1) is 0 Å². The highest BCUT2D eigenvalue weighted by molar-refractivity contribution is 5.21. The summed E-state index contributed by atoms with van der Waals surface area (Å²) in [6.45, 7) is 3.02. The second kappa shape index (κ2) is 9.49. The Bertz CT molecular complexity index is 226. The van der Waals surface area contributed by atoms with E-state index in [0.717, 1.165) is 25.8 Å². The summed E-state index contributed by atoms with van der Waals surface area (Å²) < 4.78 is 5.74. The summed E-state index contributed by atoms with van der Waals surface area (Å²) in [6.07, 6.45) is 1.29. The highest BCUT2D eigenvalue weighted by Crippen LogP contribution is 2.11. The van der Waals surface area contributed by atoms with Gasteiger partial charge >= 0.3 is 0 Å². The second-order valence-corrected chi connectivity index (χ2v) is 3.02. The predicted molar refractivity (Wildman–Crippen MR) is 63.2 cm³/mol. The number of rotatable bonds is 5. The van der Waals surface area contributed by atoms with Gasteiger partial charge in [-0.25, -0.2) is 0 Å². The molecule has 0 heterocycles. The summed E-state index contributed by atoms with van der Waals surface area (Å²) in [7, 11) is 2.94. The van der Waals surface area contributed by atoms with Crippen LogP contribution in [0.4, 0.5) is 0 Å². The van der Waals surface area contributed by atoms with Gasteiger partial charge in [0.15, 0.2) is 0 Å². The summed E-state index contributed by atoms with van der Waals surface area (Å²) in [4.78, 5) is 0. The molecule has 0 fully saturated rings. The van der Waals surface area contributed by atoms with Crippen LogP contribution in [0.5, 0.6) is 5.75 Å². The lowest BCUT2D eigenvalue weighted by Gasteiger charge is -2.16. The lowest BCUT2D eigenvalue weighted by molar-refractivity contribution is 0.196. The van der Waals surface area contributed by atoms with Crippen LogP contribution in [-0.4, -0.2) is 31.9 Å². The minimum atomic E-state index is 0.271. The van der Waals surface area contributed by atoms with E-state index in [1.807, 2.05) is 37.4 Å². The second-order valence-electron chi connectivity index (χ2n) is 3.02. The molecule has 0 amide bonds. The Labute approximate surface area is 92.1 Å². The van der Waals surface area contributed by atoms with Crippen LogP contribution in [0.1, 0.15) is 13.3 Å². The SMILES string of the molecule is CCC(CNC)Oc1ccccc1.CO. The first-order chi connectivity index (χ1) is 7.36. The van der Waals surface area contributed by atoms with E-state index in [0.29, 0.717) is 0 Å². The molecule has 0 aromatic heterocycles. The zero-order valence-electron chi connectivity index (χ0n) is 9.73. The molecule has 15 heavy (non-hydrogen) atoms. The number of aliphatic hydroxyl groups is 1. The molecule has 0 saturated heterocycles. The normalized spacial score (nSPS) is 11.2. The van der Waals surface area contributed by atoms with Gasteiger partial charge in [-0.3, -0.25) is 0 Å². The lowest BCUT2D eigenvalue weighted by atomic mass is 10.2. The highest BCUT2D eigenvalue weighted by atomic mass is 16.5. The number of benzene rings is 1. The number of ether oxygens (including phenoxy) is 1. The Morgan fingerprint density at radius 1 is 1.27 bits per heavy atom. The molecule has 0 aliphatic rings. The van der Waals surface area contributed by atoms with Crippen molar-refractivity contribution in [2.24, 2.45) is 0 Å². The molecule has 0 bridgehead atoms. The molecule has 1 aromatic carbocycles. The molecule has 3 heteroatoms. The van der Waals surface area contributed by atoms with E-state index < -0.39 is 0 Å². The third-order valence-corrected chi connectivity index (χ3v) is 1.93. The molecular weight excluding hydrogens is 190 g/mol. The molecule has 3 nitrogen and oxygen atoms in total. The Balaban J connectivity index is 0.000000921. The Morgan fingerprint density at radius 2 is 1.87 bits per heavy atom. The number of para-hydroxylation sites is 1. The molecule has 1 atom stereocenters. The van der Waals surface area contributed by atoms with Crippen molar-refractivity contribution in [1.29, 1.82) is 0 Å². The maximum absolute atomic E-state index is 7.00.